The number of anilines is 2. The summed E-state index contributed by atoms with van der Waals surface area (Å²) in [7, 11) is 0. The van der Waals surface area contributed by atoms with E-state index < -0.39 is 12.0 Å². The number of aromatic amines is 2. The second-order valence-corrected chi connectivity index (χ2v) is 5.95. The van der Waals surface area contributed by atoms with E-state index in [0.29, 0.717) is 12.2 Å². The van der Waals surface area contributed by atoms with Gasteiger partial charge in [-0.25, -0.2) is 4.79 Å². The van der Waals surface area contributed by atoms with Gasteiger partial charge in [0.25, 0.3) is 0 Å². The molecule has 7 nitrogen and oxygen atoms in total. The van der Waals surface area contributed by atoms with Crippen molar-refractivity contribution in [3.63, 3.8) is 0 Å². The van der Waals surface area contributed by atoms with Crippen LogP contribution in [0.1, 0.15) is 5.56 Å². The maximum absolute atomic E-state index is 12.2. The first-order chi connectivity index (χ1) is 12.7. The average molecular weight is 347 g/mol. The molecule has 0 aliphatic carbocycles. The summed E-state index contributed by atoms with van der Waals surface area (Å²) >= 11 is 0. The molecule has 0 fully saturated rings. The Bertz CT molecular complexity index is 1010. The Labute approximate surface area is 149 Å². The molecule has 1 unspecified atom stereocenters. The molecule has 0 amide bonds. The Morgan fingerprint density at radius 3 is 2.58 bits per heavy atom. The standard InChI is InChI=1S/C19H17N5O2/c25-19(26)17(10-13-11-20-16-9-5-4-8-15(13)16)24(18-12-21-23-22-18)14-6-2-1-3-7-14/h1-9,11-12,17,20H,10H2,(H,25,26)(H,21,22,23). The topological polar surface area (TPSA) is 97.9 Å². The maximum Gasteiger partial charge on any atom is 0.327 e. The van der Waals surface area contributed by atoms with E-state index in [4.69, 9.17) is 0 Å². The summed E-state index contributed by atoms with van der Waals surface area (Å²) in [5, 5.41) is 21.4. The molecule has 0 bridgehead atoms. The first kappa shape index (κ1) is 15.9. The number of aliphatic carboxylic acids is 1. The minimum Gasteiger partial charge on any atom is -0.480 e. The molecule has 2 aromatic heterocycles. The monoisotopic (exact) mass is 347 g/mol. The van der Waals surface area contributed by atoms with Gasteiger partial charge < -0.3 is 15.0 Å². The summed E-state index contributed by atoms with van der Waals surface area (Å²) in [6, 6.07) is 16.4. The van der Waals surface area contributed by atoms with Crippen LogP contribution in [0.3, 0.4) is 0 Å². The van der Waals surface area contributed by atoms with Crippen molar-refractivity contribution in [3.05, 3.63) is 72.6 Å². The molecule has 4 aromatic rings. The Morgan fingerprint density at radius 2 is 1.85 bits per heavy atom. The second kappa shape index (κ2) is 6.72. The molecule has 0 saturated carbocycles. The summed E-state index contributed by atoms with van der Waals surface area (Å²) in [5.41, 5.74) is 2.67. The van der Waals surface area contributed by atoms with Crippen molar-refractivity contribution in [1.29, 1.82) is 0 Å². The van der Waals surface area contributed by atoms with E-state index in [2.05, 4.69) is 20.4 Å². The molecule has 7 heteroatoms. The van der Waals surface area contributed by atoms with Gasteiger partial charge in [0.05, 0.1) is 6.20 Å². The smallest absolute Gasteiger partial charge is 0.327 e. The zero-order valence-electron chi connectivity index (χ0n) is 13.8. The van der Waals surface area contributed by atoms with E-state index >= 15 is 0 Å². The van der Waals surface area contributed by atoms with Gasteiger partial charge in [-0.15, -0.1) is 5.10 Å². The molecule has 2 aromatic carbocycles. The quantitative estimate of drug-likeness (QED) is 0.498. The summed E-state index contributed by atoms with van der Waals surface area (Å²) < 4.78 is 0. The van der Waals surface area contributed by atoms with Crippen LogP contribution in [0.4, 0.5) is 11.5 Å². The number of aromatic nitrogens is 4. The number of benzene rings is 2. The minimum absolute atomic E-state index is 0.321. The van der Waals surface area contributed by atoms with Crippen LogP contribution < -0.4 is 4.90 Å². The Morgan fingerprint density at radius 1 is 1.08 bits per heavy atom. The van der Waals surface area contributed by atoms with E-state index in [-0.39, 0.29) is 0 Å². The number of rotatable bonds is 6. The lowest BCUT2D eigenvalue weighted by Crippen LogP contribution is -2.40. The van der Waals surface area contributed by atoms with Crippen molar-refractivity contribution in [2.24, 2.45) is 0 Å². The molecule has 0 spiro atoms. The van der Waals surface area contributed by atoms with E-state index in [0.717, 1.165) is 22.2 Å². The van der Waals surface area contributed by atoms with Gasteiger partial charge in [0, 0.05) is 29.2 Å². The number of nitrogens with zero attached hydrogens (tertiary/aromatic N) is 3. The third kappa shape index (κ3) is 2.90. The lowest BCUT2D eigenvalue weighted by atomic mass is 10.0. The summed E-state index contributed by atoms with van der Waals surface area (Å²) in [4.78, 5) is 17.0. The largest absolute Gasteiger partial charge is 0.480 e. The third-order valence-corrected chi connectivity index (χ3v) is 4.37. The van der Waals surface area contributed by atoms with Crippen molar-refractivity contribution in [2.75, 3.05) is 4.90 Å². The highest BCUT2D eigenvalue weighted by Crippen LogP contribution is 2.29. The van der Waals surface area contributed by atoms with Crippen LogP contribution in [0.2, 0.25) is 0 Å². The van der Waals surface area contributed by atoms with E-state index in [1.807, 2.05) is 60.8 Å². The highest BCUT2D eigenvalue weighted by Gasteiger charge is 2.30. The molecule has 0 saturated heterocycles. The number of para-hydroxylation sites is 2. The molecule has 0 radical (unpaired) electrons. The van der Waals surface area contributed by atoms with Crippen molar-refractivity contribution in [3.8, 4) is 0 Å². The molecule has 2 heterocycles. The number of hydrogen-bond acceptors (Lipinski definition) is 4. The maximum atomic E-state index is 12.2. The van der Waals surface area contributed by atoms with Gasteiger partial charge in [-0.2, -0.15) is 0 Å². The van der Waals surface area contributed by atoms with Crippen LogP contribution in [0, 0.1) is 0 Å². The van der Waals surface area contributed by atoms with E-state index in [1.165, 1.54) is 0 Å². The van der Waals surface area contributed by atoms with Gasteiger partial charge in [0.15, 0.2) is 5.82 Å². The first-order valence-corrected chi connectivity index (χ1v) is 8.22. The summed E-state index contributed by atoms with van der Waals surface area (Å²) in [6.07, 6.45) is 3.78. The fourth-order valence-electron chi connectivity index (χ4n) is 3.17. The number of H-pyrrole nitrogens is 2. The SMILES string of the molecule is O=C(O)C(Cc1c[nH]c2ccccc12)N(c1ccccc1)c1c[nH]nn1. The van der Waals surface area contributed by atoms with Gasteiger partial charge in [0.2, 0.25) is 0 Å². The molecular weight excluding hydrogens is 330 g/mol. The van der Waals surface area contributed by atoms with Crippen molar-refractivity contribution in [1.82, 2.24) is 20.4 Å². The van der Waals surface area contributed by atoms with Crippen molar-refractivity contribution >= 4 is 28.4 Å². The molecule has 1 atom stereocenters. The van der Waals surface area contributed by atoms with Gasteiger partial charge in [-0.3, -0.25) is 5.10 Å². The highest BCUT2D eigenvalue weighted by molar-refractivity contribution is 5.86. The van der Waals surface area contributed by atoms with Crippen molar-refractivity contribution < 1.29 is 9.90 Å². The Kier molecular flexibility index (Phi) is 4.10. The number of fused-ring (bicyclic) bond motifs is 1. The van der Waals surface area contributed by atoms with Crippen molar-refractivity contribution in [2.45, 2.75) is 12.5 Å². The summed E-state index contributed by atoms with van der Waals surface area (Å²) in [5.74, 6) is -0.467. The molecular formula is C19H17N5O2. The first-order valence-electron chi connectivity index (χ1n) is 8.22. The van der Waals surface area contributed by atoms with Gasteiger partial charge >= 0.3 is 5.97 Å². The molecule has 3 N–H and O–H groups in total. The molecule has 0 aliphatic heterocycles. The molecule has 0 aliphatic rings. The van der Waals surface area contributed by atoms with Crippen LogP contribution in [-0.2, 0) is 11.2 Å². The lowest BCUT2D eigenvalue weighted by molar-refractivity contribution is -0.138. The predicted octanol–water partition coefficient (Wildman–Crippen LogP) is 3.12. The third-order valence-electron chi connectivity index (χ3n) is 4.37. The zero-order valence-corrected chi connectivity index (χ0v) is 13.8. The van der Waals surface area contributed by atoms with Crippen LogP contribution in [0.15, 0.2) is 67.0 Å². The zero-order chi connectivity index (χ0) is 17.9. The molecule has 26 heavy (non-hydrogen) atoms. The van der Waals surface area contributed by atoms with Crippen LogP contribution in [0.5, 0.6) is 0 Å². The molecule has 4 rings (SSSR count). The Balaban J connectivity index is 1.77. The number of carboxylic acid groups (broad SMARTS) is 1. The summed E-state index contributed by atoms with van der Waals surface area (Å²) in [6.45, 7) is 0. The molecule has 130 valence electrons. The van der Waals surface area contributed by atoms with Crippen LogP contribution in [0.25, 0.3) is 10.9 Å². The second-order valence-electron chi connectivity index (χ2n) is 5.95. The van der Waals surface area contributed by atoms with E-state index in [9.17, 15) is 9.90 Å². The van der Waals surface area contributed by atoms with E-state index in [1.54, 1.807) is 11.1 Å². The lowest BCUT2D eigenvalue weighted by Gasteiger charge is -2.28. The van der Waals surface area contributed by atoms with Gasteiger partial charge in [-0.05, 0) is 23.8 Å². The Hall–Kier alpha value is -3.61. The van der Waals surface area contributed by atoms with Crippen LogP contribution >= 0.6 is 0 Å². The highest BCUT2D eigenvalue weighted by atomic mass is 16.4. The van der Waals surface area contributed by atoms with Gasteiger partial charge in [0.1, 0.15) is 6.04 Å². The fraction of sp³-hybridized carbons (Fsp3) is 0.105. The number of carbonyl (C=O) groups is 1. The van der Waals surface area contributed by atoms with Crippen LogP contribution in [-0.4, -0.2) is 37.5 Å². The number of hydrogen-bond donors (Lipinski definition) is 3. The number of nitrogens with one attached hydrogen (secondary N) is 2. The van der Waals surface area contributed by atoms with Gasteiger partial charge in [-0.1, -0.05) is 41.6 Å². The number of carboxylic acids is 1. The fourth-order valence-corrected chi connectivity index (χ4v) is 3.17. The predicted molar refractivity (Wildman–Crippen MR) is 98.4 cm³/mol. The minimum atomic E-state index is -0.929. The average Bonchev–Trinajstić information content (AvgIpc) is 3.32. The normalized spacial score (nSPS) is 12.2.